The number of aliphatic carboxylic acids is 1. The SMILES string of the molecule is O=C(O)C1=CCC(N2C(=O)C=CC2=O)C=C1. The van der Waals surface area contributed by atoms with Crippen LogP contribution in [-0.4, -0.2) is 33.8 Å². The molecule has 0 radical (unpaired) electrons. The smallest absolute Gasteiger partial charge is 0.335 e. The molecule has 1 unspecified atom stereocenters. The minimum Gasteiger partial charge on any atom is -0.478 e. The van der Waals surface area contributed by atoms with Gasteiger partial charge in [0.2, 0.25) is 0 Å². The molecule has 16 heavy (non-hydrogen) atoms. The van der Waals surface area contributed by atoms with Crippen LogP contribution in [0.5, 0.6) is 0 Å². The van der Waals surface area contributed by atoms with Crippen molar-refractivity contribution in [2.24, 2.45) is 0 Å². The van der Waals surface area contributed by atoms with Crippen LogP contribution in [0.25, 0.3) is 0 Å². The summed E-state index contributed by atoms with van der Waals surface area (Å²) in [6, 6.07) is -0.377. The van der Waals surface area contributed by atoms with Crippen molar-refractivity contribution in [3.63, 3.8) is 0 Å². The van der Waals surface area contributed by atoms with Crippen molar-refractivity contribution >= 4 is 17.8 Å². The molecule has 0 aromatic rings. The van der Waals surface area contributed by atoms with Crippen LogP contribution in [0.3, 0.4) is 0 Å². The Kier molecular flexibility index (Phi) is 2.44. The molecule has 2 aliphatic rings. The lowest BCUT2D eigenvalue weighted by Gasteiger charge is -2.24. The van der Waals surface area contributed by atoms with Gasteiger partial charge in [-0.15, -0.1) is 0 Å². The quantitative estimate of drug-likeness (QED) is 0.675. The first-order valence-corrected chi connectivity index (χ1v) is 4.76. The Morgan fingerprint density at radius 2 is 1.88 bits per heavy atom. The summed E-state index contributed by atoms with van der Waals surface area (Å²) in [7, 11) is 0. The van der Waals surface area contributed by atoms with Gasteiger partial charge in [-0.2, -0.15) is 0 Å². The number of carboxylic acid groups (broad SMARTS) is 1. The summed E-state index contributed by atoms with van der Waals surface area (Å²) in [6.45, 7) is 0. The van der Waals surface area contributed by atoms with Crippen molar-refractivity contribution in [2.75, 3.05) is 0 Å². The third-order valence-corrected chi connectivity index (χ3v) is 2.50. The zero-order valence-electron chi connectivity index (χ0n) is 8.29. The normalized spacial score (nSPS) is 23.9. The monoisotopic (exact) mass is 219 g/mol. The van der Waals surface area contributed by atoms with Crippen LogP contribution in [0, 0.1) is 0 Å². The first-order chi connectivity index (χ1) is 7.59. The highest BCUT2D eigenvalue weighted by atomic mass is 16.4. The van der Waals surface area contributed by atoms with Crippen LogP contribution in [-0.2, 0) is 14.4 Å². The van der Waals surface area contributed by atoms with Gasteiger partial charge in [0.25, 0.3) is 11.8 Å². The summed E-state index contributed by atoms with van der Waals surface area (Å²) in [5.74, 6) is -1.72. The summed E-state index contributed by atoms with van der Waals surface area (Å²) < 4.78 is 0. The average Bonchev–Trinajstić information content (AvgIpc) is 2.59. The molecule has 1 aliphatic carbocycles. The Morgan fingerprint density at radius 3 is 2.31 bits per heavy atom. The summed E-state index contributed by atoms with van der Waals surface area (Å²) in [5, 5.41) is 8.71. The summed E-state index contributed by atoms with van der Waals surface area (Å²) in [5.41, 5.74) is 0.184. The molecule has 82 valence electrons. The fourth-order valence-electron chi connectivity index (χ4n) is 1.70. The number of hydrogen-bond acceptors (Lipinski definition) is 3. The molecular formula is C11H9NO4. The number of rotatable bonds is 2. The van der Waals surface area contributed by atoms with Gasteiger partial charge in [-0.1, -0.05) is 12.2 Å². The third kappa shape index (κ3) is 1.67. The molecule has 2 amide bonds. The molecule has 2 rings (SSSR count). The lowest BCUT2D eigenvalue weighted by Crippen LogP contribution is -2.39. The van der Waals surface area contributed by atoms with Crippen molar-refractivity contribution in [3.05, 3.63) is 36.0 Å². The maximum Gasteiger partial charge on any atom is 0.335 e. The van der Waals surface area contributed by atoms with Gasteiger partial charge in [0.15, 0.2) is 0 Å². The Labute approximate surface area is 91.3 Å². The van der Waals surface area contributed by atoms with E-state index in [1.807, 2.05) is 0 Å². The van der Waals surface area contributed by atoms with Crippen LogP contribution in [0.2, 0.25) is 0 Å². The van der Waals surface area contributed by atoms with E-state index in [1.54, 1.807) is 6.08 Å². The fraction of sp³-hybridized carbons (Fsp3) is 0.182. The standard InChI is InChI=1S/C11H9NO4/c13-9-5-6-10(14)12(9)8-3-1-7(2-4-8)11(15)16/h1-3,5-6,8H,4H2,(H,15,16). The minimum atomic E-state index is -1.01. The highest BCUT2D eigenvalue weighted by Gasteiger charge is 2.30. The molecule has 0 spiro atoms. The molecule has 0 saturated heterocycles. The zero-order chi connectivity index (χ0) is 11.7. The number of imide groups is 1. The van der Waals surface area contributed by atoms with Crippen molar-refractivity contribution in [1.82, 2.24) is 4.90 Å². The fourth-order valence-corrected chi connectivity index (χ4v) is 1.70. The Morgan fingerprint density at radius 1 is 1.25 bits per heavy atom. The summed E-state index contributed by atoms with van der Waals surface area (Å²) in [6.07, 6.45) is 7.25. The van der Waals surface area contributed by atoms with Gasteiger partial charge in [0.1, 0.15) is 0 Å². The maximum absolute atomic E-state index is 11.3. The van der Waals surface area contributed by atoms with Crippen molar-refractivity contribution in [1.29, 1.82) is 0 Å². The second-order valence-electron chi connectivity index (χ2n) is 3.51. The van der Waals surface area contributed by atoms with Crippen molar-refractivity contribution in [2.45, 2.75) is 12.5 Å². The minimum absolute atomic E-state index is 0.184. The van der Waals surface area contributed by atoms with Gasteiger partial charge in [0.05, 0.1) is 11.6 Å². The van der Waals surface area contributed by atoms with Crippen LogP contribution in [0.4, 0.5) is 0 Å². The van der Waals surface area contributed by atoms with E-state index in [9.17, 15) is 14.4 Å². The van der Waals surface area contributed by atoms with Crippen LogP contribution in [0.1, 0.15) is 6.42 Å². The first kappa shape index (κ1) is 10.4. The molecule has 0 fully saturated rings. The van der Waals surface area contributed by atoms with E-state index in [-0.39, 0.29) is 23.4 Å². The predicted molar refractivity (Wildman–Crippen MR) is 54.3 cm³/mol. The number of carbonyl (C=O) groups excluding carboxylic acids is 2. The van der Waals surface area contributed by atoms with Gasteiger partial charge in [-0.25, -0.2) is 4.79 Å². The van der Waals surface area contributed by atoms with E-state index in [0.29, 0.717) is 6.42 Å². The van der Waals surface area contributed by atoms with E-state index < -0.39 is 5.97 Å². The molecule has 0 bridgehead atoms. The molecule has 0 saturated carbocycles. The lowest BCUT2D eigenvalue weighted by atomic mass is 10.0. The summed E-state index contributed by atoms with van der Waals surface area (Å²) >= 11 is 0. The molecule has 0 aromatic carbocycles. The highest BCUT2D eigenvalue weighted by molar-refractivity contribution is 6.13. The lowest BCUT2D eigenvalue weighted by molar-refractivity contribution is -0.138. The molecule has 1 N–H and O–H groups in total. The van der Waals surface area contributed by atoms with Crippen LogP contribution < -0.4 is 0 Å². The topological polar surface area (TPSA) is 74.7 Å². The van der Waals surface area contributed by atoms with Crippen molar-refractivity contribution < 1.29 is 19.5 Å². The van der Waals surface area contributed by atoms with Gasteiger partial charge >= 0.3 is 5.97 Å². The average molecular weight is 219 g/mol. The van der Waals surface area contributed by atoms with E-state index in [2.05, 4.69) is 0 Å². The molecule has 1 atom stereocenters. The second-order valence-corrected chi connectivity index (χ2v) is 3.51. The first-order valence-electron chi connectivity index (χ1n) is 4.76. The maximum atomic E-state index is 11.3. The Bertz CT molecular complexity index is 441. The molecule has 1 aliphatic heterocycles. The second kappa shape index (κ2) is 3.77. The van der Waals surface area contributed by atoms with Crippen molar-refractivity contribution in [3.8, 4) is 0 Å². The van der Waals surface area contributed by atoms with E-state index in [1.165, 1.54) is 24.3 Å². The predicted octanol–water partition coefficient (Wildman–Crippen LogP) is 0.251. The van der Waals surface area contributed by atoms with Gasteiger partial charge in [-0.05, 0) is 12.5 Å². The molecule has 0 aromatic heterocycles. The molecule has 5 heteroatoms. The number of carbonyl (C=O) groups is 3. The molecule has 1 heterocycles. The van der Waals surface area contributed by atoms with E-state index in [0.717, 1.165) is 4.90 Å². The third-order valence-electron chi connectivity index (χ3n) is 2.50. The highest BCUT2D eigenvalue weighted by Crippen LogP contribution is 2.19. The van der Waals surface area contributed by atoms with Gasteiger partial charge in [-0.3, -0.25) is 14.5 Å². The Balaban J connectivity index is 2.12. The number of nitrogens with zero attached hydrogens (tertiary/aromatic N) is 1. The number of amides is 2. The van der Waals surface area contributed by atoms with E-state index in [4.69, 9.17) is 5.11 Å². The van der Waals surface area contributed by atoms with E-state index >= 15 is 0 Å². The number of carboxylic acids is 1. The zero-order valence-corrected chi connectivity index (χ0v) is 8.29. The molecule has 5 nitrogen and oxygen atoms in total. The number of hydrogen-bond donors (Lipinski definition) is 1. The summed E-state index contributed by atoms with van der Waals surface area (Å²) in [4.78, 5) is 34.4. The van der Waals surface area contributed by atoms with Crippen LogP contribution in [0.15, 0.2) is 36.0 Å². The molecular weight excluding hydrogens is 210 g/mol. The Hall–Kier alpha value is -2.17. The van der Waals surface area contributed by atoms with Gasteiger partial charge < -0.3 is 5.11 Å². The largest absolute Gasteiger partial charge is 0.478 e. The van der Waals surface area contributed by atoms with Crippen LogP contribution >= 0.6 is 0 Å². The van der Waals surface area contributed by atoms with Gasteiger partial charge in [0, 0.05) is 12.2 Å².